The molecule has 1 saturated carbocycles. The molecule has 1 aliphatic carbocycles. The van der Waals surface area contributed by atoms with Crippen LogP contribution in [-0.4, -0.2) is 39.5 Å². The number of ether oxygens (including phenoxy) is 1. The molecular weight excluding hydrogens is 430 g/mol. The maximum atomic E-state index is 13.6. The number of amides is 1. The molecule has 2 aliphatic rings. The van der Waals surface area contributed by atoms with Gasteiger partial charge in [-0.2, -0.15) is 0 Å². The Morgan fingerprint density at radius 1 is 1.29 bits per heavy atom. The topological polar surface area (TPSA) is 73.2 Å². The molecule has 4 rings (SSSR count). The lowest BCUT2D eigenvalue weighted by Gasteiger charge is -2.24. The highest BCUT2D eigenvalue weighted by molar-refractivity contribution is 8.00. The number of thiophene rings is 1. The summed E-state index contributed by atoms with van der Waals surface area (Å²) in [4.78, 5) is 33.2. The van der Waals surface area contributed by atoms with Gasteiger partial charge in [-0.15, -0.1) is 11.3 Å². The van der Waals surface area contributed by atoms with Crippen LogP contribution in [-0.2, 0) is 22.5 Å². The van der Waals surface area contributed by atoms with E-state index in [0.717, 1.165) is 59.4 Å². The van der Waals surface area contributed by atoms with Crippen molar-refractivity contribution in [1.29, 1.82) is 0 Å². The second-order valence-electron chi connectivity index (χ2n) is 8.72. The van der Waals surface area contributed by atoms with E-state index in [2.05, 4.69) is 19.2 Å². The van der Waals surface area contributed by atoms with Gasteiger partial charge in [-0.25, -0.2) is 4.98 Å². The third-order valence-electron chi connectivity index (χ3n) is 6.44. The van der Waals surface area contributed by atoms with Gasteiger partial charge in [-0.3, -0.25) is 14.2 Å². The highest BCUT2D eigenvalue weighted by Gasteiger charge is 2.26. The Hall–Kier alpha value is -1.38. The monoisotopic (exact) mass is 463 g/mol. The van der Waals surface area contributed by atoms with Crippen molar-refractivity contribution in [3.63, 3.8) is 0 Å². The van der Waals surface area contributed by atoms with Gasteiger partial charge in [0.15, 0.2) is 5.16 Å². The van der Waals surface area contributed by atoms with Crippen molar-refractivity contribution >= 4 is 39.2 Å². The number of thioether (sulfide) groups is 1. The zero-order valence-electron chi connectivity index (χ0n) is 18.7. The Labute approximate surface area is 192 Å². The molecule has 0 aromatic carbocycles. The van der Waals surface area contributed by atoms with E-state index in [0.29, 0.717) is 11.7 Å². The first-order valence-corrected chi connectivity index (χ1v) is 13.3. The lowest BCUT2D eigenvalue weighted by Crippen LogP contribution is -2.40. The van der Waals surface area contributed by atoms with Crippen molar-refractivity contribution in [2.24, 2.45) is 0 Å². The Balaban J connectivity index is 1.62. The lowest BCUT2D eigenvalue weighted by molar-refractivity contribution is -0.121. The van der Waals surface area contributed by atoms with Crippen LogP contribution in [0.1, 0.15) is 69.2 Å². The van der Waals surface area contributed by atoms with E-state index >= 15 is 0 Å². The molecule has 2 fully saturated rings. The van der Waals surface area contributed by atoms with Crippen LogP contribution >= 0.6 is 23.1 Å². The van der Waals surface area contributed by atoms with E-state index in [9.17, 15) is 9.59 Å². The summed E-state index contributed by atoms with van der Waals surface area (Å²) in [6, 6.07) is 0.279. The predicted molar refractivity (Wildman–Crippen MR) is 127 cm³/mol. The average Bonchev–Trinajstić information content (AvgIpc) is 3.38. The molecule has 1 N–H and O–H groups in total. The molecule has 0 spiro atoms. The van der Waals surface area contributed by atoms with E-state index < -0.39 is 0 Å². The van der Waals surface area contributed by atoms with E-state index in [1.54, 1.807) is 15.9 Å². The third-order valence-corrected chi connectivity index (χ3v) is 8.58. The van der Waals surface area contributed by atoms with Gasteiger partial charge in [0, 0.05) is 17.5 Å². The molecule has 2 aromatic rings. The number of carbonyl (C=O) groups is 1. The minimum Gasteiger partial charge on any atom is -0.376 e. The molecule has 2 unspecified atom stereocenters. The number of hydrogen-bond acceptors (Lipinski definition) is 6. The van der Waals surface area contributed by atoms with Crippen molar-refractivity contribution < 1.29 is 9.53 Å². The zero-order chi connectivity index (χ0) is 22.0. The highest BCUT2D eigenvalue weighted by atomic mass is 32.2. The normalized spacial score (nSPS) is 20.9. The van der Waals surface area contributed by atoms with Crippen molar-refractivity contribution in [2.75, 3.05) is 6.61 Å². The molecule has 0 bridgehead atoms. The summed E-state index contributed by atoms with van der Waals surface area (Å²) in [6.07, 6.45) is 8.58. The molecule has 0 radical (unpaired) electrons. The quantitative estimate of drug-likeness (QED) is 0.485. The van der Waals surface area contributed by atoms with Crippen LogP contribution in [0.4, 0.5) is 0 Å². The van der Waals surface area contributed by atoms with Gasteiger partial charge in [0.1, 0.15) is 4.83 Å². The second-order valence-corrected chi connectivity index (χ2v) is 11.2. The number of rotatable bonds is 7. The summed E-state index contributed by atoms with van der Waals surface area (Å²) in [5.74, 6) is 0.0338. The van der Waals surface area contributed by atoms with E-state index in [1.165, 1.54) is 31.0 Å². The number of aryl methyl sites for hydroxylation is 2. The molecule has 6 nitrogen and oxygen atoms in total. The SMILES string of the molecule is CCc1c(C)sc2nc(SC(C)C(=O)NC3CCCCC3)n(CC3CCCO3)c(=O)c12. The molecule has 170 valence electrons. The van der Waals surface area contributed by atoms with Gasteiger partial charge >= 0.3 is 0 Å². The number of nitrogens with one attached hydrogen (secondary N) is 1. The van der Waals surface area contributed by atoms with Crippen molar-refractivity contribution in [1.82, 2.24) is 14.9 Å². The first-order valence-electron chi connectivity index (χ1n) is 11.6. The fraction of sp³-hybridized carbons (Fsp3) is 0.696. The van der Waals surface area contributed by atoms with Crippen LogP contribution in [0.15, 0.2) is 9.95 Å². The zero-order valence-corrected chi connectivity index (χ0v) is 20.4. The summed E-state index contributed by atoms with van der Waals surface area (Å²) in [6.45, 7) is 7.29. The molecular formula is C23H33N3O3S2. The van der Waals surface area contributed by atoms with Crippen LogP contribution in [0, 0.1) is 6.92 Å². The Morgan fingerprint density at radius 2 is 2.06 bits per heavy atom. The summed E-state index contributed by atoms with van der Waals surface area (Å²) in [5, 5.41) is 4.27. The van der Waals surface area contributed by atoms with Gasteiger partial charge in [0.05, 0.1) is 23.3 Å². The first kappa shape index (κ1) is 22.8. The van der Waals surface area contributed by atoms with Gasteiger partial charge in [-0.05, 0) is 51.5 Å². The maximum Gasteiger partial charge on any atom is 0.263 e. The molecule has 8 heteroatoms. The Kier molecular flexibility index (Phi) is 7.39. The number of carbonyl (C=O) groups excluding carboxylic acids is 1. The van der Waals surface area contributed by atoms with Crippen molar-refractivity contribution in [2.45, 2.75) is 101 Å². The summed E-state index contributed by atoms with van der Waals surface area (Å²) >= 11 is 2.97. The van der Waals surface area contributed by atoms with Gasteiger partial charge < -0.3 is 10.1 Å². The molecule has 2 atom stereocenters. The van der Waals surface area contributed by atoms with E-state index in [1.807, 2.05) is 6.92 Å². The molecule has 1 amide bonds. The average molecular weight is 464 g/mol. The van der Waals surface area contributed by atoms with Gasteiger partial charge in [-0.1, -0.05) is 37.9 Å². The second kappa shape index (κ2) is 10.0. The first-order chi connectivity index (χ1) is 15.0. The highest BCUT2D eigenvalue weighted by Crippen LogP contribution is 2.31. The van der Waals surface area contributed by atoms with Crippen molar-refractivity contribution in [3.8, 4) is 0 Å². The number of hydrogen-bond donors (Lipinski definition) is 1. The fourth-order valence-corrected chi connectivity index (χ4v) is 6.76. The largest absolute Gasteiger partial charge is 0.376 e. The number of aromatic nitrogens is 2. The Bertz CT molecular complexity index is 988. The molecule has 3 heterocycles. The van der Waals surface area contributed by atoms with E-state index in [4.69, 9.17) is 9.72 Å². The molecule has 1 aliphatic heterocycles. The van der Waals surface area contributed by atoms with Crippen molar-refractivity contribution in [3.05, 3.63) is 20.8 Å². The van der Waals surface area contributed by atoms with Gasteiger partial charge in [0.25, 0.3) is 5.56 Å². The summed E-state index contributed by atoms with van der Waals surface area (Å²) in [7, 11) is 0. The number of fused-ring (bicyclic) bond motifs is 1. The van der Waals surface area contributed by atoms with E-state index in [-0.39, 0.29) is 28.9 Å². The van der Waals surface area contributed by atoms with Crippen LogP contribution in [0.5, 0.6) is 0 Å². The lowest BCUT2D eigenvalue weighted by atomic mass is 9.95. The molecule has 1 saturated heterocycles. The summed E-state index contributed by atoms with van der Waals surface area (Å²) < 4.78 is 7.58. The van der Waals surface area contributed by atoms with Crippen LogP contribution < -0.4 is 10.9 Å². The van der Waals surface area contributed by atoms with Gasteiger partial charge in [0.2, 0.25) is 5.91 Å². The number of nitrogens with zero attached hydrogens (tertiary/aromatic N) is 2. The minimum absolute atomic E-state index is 0.00379. The Morgan fingerprint density at radius 3 is 2.74 bits per heavy atom. The smallest absolute Gasteiger partial charge is 0.263 e. The fourth-order valence-electron chi connectivity index (χ4n) is 4.68. The minimum atomic E-state index is -0.311. The van der Waals surface area contributed by atoms with Crippen LogP contribution in [0.25, 0.3) is 10.2 Å². The molecule has 2 aromatic heterocycles. The maximum absolute atomic E-state index is 13.6. The summed E-state index contributed by atoms with van der Waals surface area (Å²) in [5.41, 5.74) is 1.10. The third kappa shape index (κ3) is 5.01. The predicted octanol–water partition coefficient (Wildman–Crippen LogP) is 4.44. The van der Waals surface area contributed by atoms with Crippen LogP contribution in [0.2, 0.25) is 0 Å². The molecule has 31 heavy (non-hydrogen) atoms. The standard InChI is InChI=1S/C23H33N3O3S2/c1-4-18-14(2)30-21-19(18)22(28)26(13-17-11-8-12-29-17)23(25-21)31-15(3)20(27)24-16-9-6-5-7-10-16/h15-17H,4-13H2,1-3H3,(H,24,27). The van der Waals surface area contributed by atoms with Crippen LogP contribution in [0.3, 0.4) is 0 Å².